The molecule has 0 N–H and O–H groups in total. The maximum absolute atomic E-state index is 2.53. The highest BCUT2D eigenvalue weighted by atomic mass is 14.7. The highest BCUT2D eigenvalue weighted by molar-refractivity contribution is 5.09. The van der Waals surface area contributed by atoms with Crippen molar-refractivity contribution < 1.29 is 0 Å². The molecule has 1 fully saturated rings. The molecule has 0 radical (unpaired) electrons. The second kappa shape index (κ2) is 4.84. The third-order valence-corrected chi connectivity index (χ3v) is 6.30. The number of hydrogen-bond acceptors (Lipinski definition) is 0. The van der Waals surface area contributed by atoms with E-state index in [4.69, 9.17) is 0 Å². The highest BCUT2D eigenvalue weighted by Gasteiger charge is 2.61. The van der Waals surface area contributed by atoms with Crippen LogP contribution < -0.4 is 0 Å². The van der Waals surface area contributed by atoms with Crippen molar-refractivity contribution in [2.75, 3.05) is 0 Å². The molecule has 108 valence electrons. The van der Waals surface area contributed by atoms with Gasteiger partial charge in [-0.05, 0) is 34.0 Å². The molecule has 1 saturated carbocycles. The smallest absolute Gasteiger partial charge is 0.0264 e. The van der Waals surface area contributed by atoms with E-state index in [1.807, 2.05) is 0 Å². The first-order valence-electron chi connectivity index (χ1n) is 8.01. The van der Waals surface area contributed by atoms with Gasteiger partial charge in [-0.3, -0.25) is 0 Å². The van der Waals surface area contributed by atoms with E-state index in [1.165, 1.54) is 19.3 Å². The van der Waals surface area contributed by atoms with E-state index in [9.17, 15) is 0 Å². The fourth-order valence-corrected chi connectivity index (χ4v) is 5.42. The van der Waals surface area contributed by atoms with Crippen molar-refractivity contribution in [3.8, 4) is 0 Å². The van der Waals surface area contributed by atoms with E-state index in [0.29, 0.717) is 16.2 Å². The van der Waals surface area contributed by atoms with E-state index < -0.39 is 0 Å². The van der Waals surface area contributed by atoms with E-state index in [0.717, 1.165) is 17.8 Å². The van der Waals surface area contributed by atoms with Gasteiger partial charge in [-0.15, -0.1) is 0 Å². The Kier molecular flexibility index (Phi) is 4.31. The lowest BCUT2D eigenvalue weighted by Crippen LogP contribution is -2.39. The van der Waals surface area contributed by atoms with Crippen LogP contribution in [0.2, 0.25) is 0 Å². The van der Waals surface area contributed by atoms with Crippen molar-refractivity contribution in [1.82, 2.24) is 0 Å². The Morgan fingerprint density at radius 1 is 0.889 bits per heavy atom. The summed E-state index contributed by atoms with van der Waals surface area (Å²) in [4.78, 5) is 0. The van der Waals surface area contributed by atoms with E-state index >= 15 is 0 Å². The van der Waals surface area contributed by atoms with Gasteiger partial charge in [0.1, 0.15) is 0 Å². The average Bonchev–Trinajstić information content (AvgIpc) is 2.29. The Balaban J connectivity index is 3.28. The van der Waals surface area contributed by atoms with Crippen LogP contribution in [0.1, 0.15) is 81.6 Å². The Morgan fingerprint density at radius 3 is 1.72 bits per heavy atom. The van der Waals surface area contributed by atoms with Crippen LogP contribution in [-0.4, -0.2) is 0 Å². The third kappa shape index (κ3) is 2.25. The van der Waals surface area contributed by atoms with Gasteiger partial charge in [0.15, 0.2) is 0 Å². The van der Waals surface area contributed by atoms with Crippen LogP contribution in [0.5, 0.6) is 0 Å². The molecule has 0 aliphatic heterocycles. The molecule has 0 saturated heterocycles. The van der Waals surface area contributed by atoms with Crippen molar-refractivity contribution in [1.29, 1.82) is 0 Å². The monoisotopic (exact) mass is 252 g/mol. The molecule has 0 spiro atoms. The SMILES string of the molecule is CCCC1C(CC)C(C)(C)C(C)(C)C1C(C)(C)C. The molecule has 0 aromatic heterocycles. The van der Waals surface area contributed by atoms with Crippen molar-refractivity contribution in [2.45, 2.75) is 81.6 Å². The van der Waals surface area contributed by atoms with Crippen LogP contribution in [0.25, 0.3) is 0 Å². The molecule has 1 aliphatic carbocycles. The molecule has 3 unspecified atom stereocenters. The van der Waals surface area contributed by atoms with Crippen LogP contribution in [0.3, 0.4) is 0 Å². The molecule has 1 rings (SSSR count). The average molecular weight is 252 g/mol. The second-order valence-electron chi connectivity index (χ2n) is 8.75. The first-order chi connectivity index (χ1) is 8.01. The molecule has 0 heterocycles. The molecular formula is C18H36. The summed E-state index contributed by atoms with van der Waals surface area (Å²) in [6.45, 7) is 22.2. The molecule has 0 bridgehead atoms. The number of hydrogen-bond donors (Lipinski definition) is 0. The van der Waals surface area contributed by atoms with Gasteiger partial charge in [-0.25, -0.2) is 0 Å². The van der Waals surface area contributed by atoms with Crippen molar-refractivity contribution in [3.05, 3.63) is 0 Å². The summed E-state index contributed by atoms with van der Waals surface area (Å²) < 4.78 is 0. The van der Waals surface area contributed by atoms with Gasteiger partial charge in [0.2, 0.25) is 0 Å². The largest absolute Gasteiger partial charge is 0.0654 e. The van der Waals surface area contributed by atoms with E-state index in [-0.39, 0.29) is 0 Å². The normalized spacial score (nSPS) is 34.8. The molecule has 0 heteroatoms. The summed E-state index contributed by atoms with van der Waals surface area (Å²) in [5.41, 5.74) is 1.32. The first-order valence-corrected chi connectivity index (χ1v) is 8.01. The van der Waals surface area contributed by atoms with Gasteiger partial charge < -0.3 is 0 Å². The molecule has 0 amide bonds. The highest BCUT2D eigenvalue weighted by Crippen LogP contribution is 2.67. The lowest BCUT2D eigenvalue weighted by Gasteiger charge is -2.46. The fourth-order valence-electron chi connectivity index (χ4n) is 5.42. The molecule has 1 aliphatic rings. The summed E-state index contributed by atoms with van der Waals surface area (Å²) in [5, 5.41) is 0. The predicted molar refractivity (Wildman–Crippen MR) is 82.7 cm³/mol. The minimum atomic E-state index is 0.421. The molecule has 3 atom stereocenters. The summed E-state index contributed by atoms with van der Waals surface area (Å²) in [7, 11) is 0. The van der Waals surface area contributed by atoms with Crippen molar-refractivity contribution in [2.24, 2.45) is 34.0 Å². The van der Waals surface area contributed by atoms with Gasteiger partial charge in [-0.2, -0.15) is 0 Å². The summed E-state index contributed by atoms with van der Waals surface area (Å²) >= 11 is 0. The van der Waals surface area contributed by atoms with E-state index in [1.54, 1.807) is 0 Å². The standard InChI is InChI=1S/C18H36/c1-10-12-13-14(11-2)17(6,7)18(8,9)15(13)16(3,4)5/h13-15H,10-12H2,1-9H3. The fraction of sp³-hybridized carbons (Fsp3) is 1.00. The molecular weight excluding hydrogens is 216 g/mol. The summed E-state index contributed by atoms with van der Waals surface area (Å²) in [6.07, 6.45) is 4.08. The maximum atomic E-state index is 2.53. The lowest BCUT2D eigenvalue weighted by molar-refractivity contribution is 0.0245. The van der Waals surface area contributed by atoms with Crippen LogP contribution in [0.4, 0.5) is 0 Å². The Morgan fingerprint density at radius 2 is 1.39 bits per heavy atom. The van der Waals surface area contributed by atoms with Crippen LogP contribution in [0.15, 0.2) is 0 Å². The van der Waals surface area contributed by atoms with Crippen molar-refractivity contribution in [3.63, 3.8) is 0 Å². The Labute approximate surface area is 116 Å². The van der Waals surface area contributed by atoms with Crippen molar-refractivity contribution >= 4 is 0 Å². The zero-order valence-electron chi connectivity index (χ0n) is 14.4. The van der Waals surface area contributed by atoms with Crippen LogP contribution in [0, 0.1) is 34.0 Å². The molecule has 0 aromatic carbocycles. The van der Waals surface area contributed by atoms with Gasteiger partial charge in [0.25, 0.3) is 0 Å². The lowest BCUT2D eigenvalue weighted by atomic mass is 9.59. The summed E-state index contributed by atoms with van der Waals surface area (Å²) in [6, 6.07) is 0. The zero-order chi connectivity index (χ0) is 14.4. The molecule has 18 heavy (non-hydrogen) atoms. The van der Waals surface area contributed by atoms with Crippen LogP contribution in [-0.2, 0) is 0 Å². The zero-order valence-corrected chi connectivity index (χ0v) is 14.4. The van der Waals surface area contributed by atoms with E-state index in [2.05, 4.69) is 62.3 Å². The quantitative estimate of drug-likeness (QED) is 0.564. The second-order valence-corrected chi connectivity index (χ2v) is 8.75. The van der Waals surface area contributed by atoms with Crippen LogP contribution >= 0.6 is 0 Å². The minimum absolute atomic E-state index is 0.421. The third-order valence-electron chi connectivity index (χ3n) is 6.30. The van der Waals surface area contributed by atoms with Gasteiger partial charge >= 0.3 is 0 Å². The minimum Gasteiger partial charge on any atom is -0.0654 e. The summed E-state index contributed by atoms with van der Waals surface area (Å²) in [5.74, 6) is 2.63. The molecule has 0 aromatic rings. The van der Waals surface area contributed by atoms with Gasteiger partial charge in [-0.1, -0.05) is 81.6 Å². The molecule has 0 nitrogen and oxygen atoms in total. The van der Waals surface area contributed by atoms with Gasteiger partial charge in [0.05, 0.1) is 0 Å². The maximum Gasteiger partial charge on any atom is -0.0264 e. The topological polar surface area (TPSA) is 0 Å². The van der Waals surface area contributed by atoms with Gasteiger partial charge in [0, 0.05) is 0 Å². The number of rotatable bonds is 3. The first kappa shape index (κ1) is 16.1. The Hall–Kier alpha value is 0. The Bertz CT molecular complexity index is 277. The predicted octanol–water partition coefficient (Wildman–Crippen LogP) is 6.16.